The van der Waals surface area contributed by atoms with Crippen LogP contribution in [0, 0.1) is 0 Å². The van der Waals surface area contributed by atoms with Crippen LogP contribution in [0.1, 0.15) is 18.3 Å². The van der Waals surface area contributed by atoms with Gasteiger partial charge < -0.3 is 20.9 Å². The lowest BCUT2D eigenvalue weighted by Crippen LogP contribution is -2.28. The Hall–Kier alpha value is -4.43. The van der Waals surface area contributed by atoms with Crippen LogP contribution in [0.25, 0.3) is 16.9 Å². The van der Waals surface area contributed by atoms with Crippen LogP contribution in [0.2, 0.25) is 5.02 Å². The molecule has 0 aliphatic rings. The molecule has 4 rings (SSSR count). The molecule has 0 saturated heterocycles. The van der Waals surface area contributed by atoms with Crippen molar-refractivity contribution in [1.82, 2.24) is 29.7 Å². The lowest BCUT2D eigenvalue weighted by Gasteiger charge is -2.14. The summed E-state index contributed by atoms with van der Waals surface area (Å²) in [6.07, 6.45) is -3.34. The van der Waals surface area contributed by atoms with Crippen molar-refractivity contribution in [3.8, 4) is 5.69 Å². The summed E-state index contributed by atoms with van der Waals surface area (Å²) in [4.78, 5) is 39.7. The summed E-state index contributed by atoms with van der Waals surface area (Å²) < 4.78 is 41.2. The van der Waals surface area contributed by atoms with Gasteiger partial charge in [-0.25, -0.2) is 24.5 Å². The molecule has 0 aliphatic carbocycles. The van der Waals surface area contributed by atoms with E-state index in [-0.39, 0.29) is 11.5 Å². The van der Waals surface area contributed by atoms with E-state index in [1.54, 1.807) is 35.8 Å². The average Bonchev–Trinajstić information content (AvgIpc) is 3.23. The van der Waals surface area contributed by atoms with E-state index in [1.807, 2.05) is 19.0 Å². The van der Waals surface area contributed by atoms with E-state index in [9.17, 15) is 22.8 Å². The van der Waals surface area contributed by atoms with E-state index in [0.717, 1.165) is 12.1 Å². The Labute approximate surface area is 231 Å². The normalized spacial score (nSPS) is 11.5. The lowest BCUT2D eigenvalue weighted by atomic mass is 10.2. The van der Waals surface area contributed by atoms with Crippen molar-refractivity contribution in [3.63, 3.8) is 0 Å². The molecule has 0 fully saturated rings. The fourth-order valence-corrected chi connectivity index (χ4v) is 4.03. The highest BCUT2D eigenvalue weighted by Gasteiger charge is 2.33. The molecular weight excluding hydrogens is 551 g/mol. The number of fused-ring (bicyclic) bond motifs is 1. The minimum absolute atomic E-state index is 0.0687. The van der Waals surface area contributed by atoms with Crippen molar-refractivity contribution in [1.29, 1.82) is 0 Å². The molecule has 0 radical (unpaired) electrons. The van der Waals surface area contributed by atoms with E-state index in [0.29, 0.717) is 41.5 Å². The van der Waals surface area contributed by atoms with Crippen molar-refractivity contribution >= 4 is 52.0 Å². The summed E-state index contributed by atoms with van der Waals surface area (Å²) in [5, 5.41) is 9.82. The van der Waals surface area contributed by atoms with E-state index >= 15 is 0 Å². The molecule has 15 heteroatoms. The maximum Gasteiger partial charge on any atom is 0.417 e. The molecular formula is C25H25ClF3N9O2. The predicted molar refractivity (Wildman–Crippen MR) is 146 cm³/mol. The molecule has 4 amide bonds. The second-order valence-electron chi connectivity index (χ2n) is 8.80. The third kappa shape index (κ3) is 6.58. The van der Waals surface area contributed by atoms with Gasteiger partial charge in [0.2, 0.25) is 0 Å². The van der Waals surface area contributed by atoms with Crippen molar-refractivity contribution in [2.75, 3.05) is 36.6 Å². The number of halogens is 4. The molecule has 0 unspecified atom stereocenters. The first-order chi connectivity index (χ1) is 19.0. The zero-order valence-corrected chi connectivity index (χ0v) is 22.4. The predicted octanol–water partition coefficient (Wildman–Crippen LogP) is 5.33. The van der Waals surface area contributed by atoms with Crippen molar-refractivity contribution in [2.24, 2.45) is 0 Å². The molecule has 0 aliphatic heterocycles. The van der Waals surface area contributed by atoms with Gasteiger partial charge >= 0.3 is 18.2 Å². The number of urea groups is 2. The Bertz CT molecular complexity index is 1540. The molecule has 4 N–H and O–H groups in total. The molecule has 210 valence electrons. The summed E-state index contributed by atoms with van der Waals surface area (Å²) in [6, 6.07) is 8.63. The number of carbonyl (C=O) groups is 2. The van der Waals surface area contributed by atoms with Crippen LogP contribution in [-0.4, -0.2) is 57.1 Å². The Morgan fingerprint density at radius 1 is 0.975 bits per heavy atom. The summed E-state index contributed by atoms with van der Waals surface area (Å²) in [5.41, 5.74) is 0.790. The Morgan fingerprint density at radius 3 is 2.30 bits per heavy atom. The number of benzene rings is 2. The number of alkyl halides is 3. The van der Waals surface area contributed by atoms with E-state index in [4.69, 9.17) is 11.6 Å². The van der Waals surface area contributed by atoms with Crippen molar-refractivity contribution < 1.29 is 22.8 Å². The fourth-order valence-electron chi connectivity index (χ4n) is 3.81. The molecule has 2 heterocycles. The largest absolute Gasteiger partial charge is 0.417 e. The summed E-state index contributed by atoms with van der Waals surface area (Å²) in [5.74, 6) is 0.877. The molecule has 11 nitrogen and oxygen atoms in total. The van der Waals surface area contributed by atoms with Gasteiger partial charge in [-0.1, -0.05) is 11.6 Å². The summed E-state index contributed by atoms with van der Waals surface area (Å²) in [7, 11) is 3.76. The maximum absolute atomic E-state index is 13.1. The van der Waals surface area contributed by atoms with Gasteiger partial charge in [-0.3, -0.25) is 9.88 Å². The lowest BCUT2D eigenvalue weighted by molar-refractivity contribution is -0.137. The number of hydrogen-bond acceptors (Lipinski definition) is 6. The van der Waals surface area contributed by atoms with Crippen LogP contribution >= 0.6 is 11.6 Å². The number of anilines is 3. The van der Waals surface area contributed by atoms with Crippen LogP contribution in [0.4, 0.5) is 40.0 Å². The van der Waals surface area contributed by atoms with Gasteiger partial charge in [0, 0.05) is 23.6 Å². The number of nitrogens with zero attached hydrogens (tertiary/aromatic N) is 5. The van der Waals surface area contributed by atoms with Crippen LogP contribution < -0.4 is 21.3 Å². The number of amides is 4. The maximum atomic E-state index is 13.1. The smallest absolute Gasteiger partial charge is 0.338 e. The first-order valence-corrected chi connectivity index (χ1v) is 12.3. The Morgan fingerprint density at radius 2 is 1.65 bits per heavy atom. The fraction of sp³-hybridized carbons (Fsp3) is 0.240. The molecule has 0 saturated carbocycles. The van der Waals surface area contributed by atoms with Crippen LogP contribution in [0.15, 0.2) is 48.8 Å². The number of aromatic nitrogens is 4. The highest BCUT2D eigenvalue weighted by molar-refractivity contribution is 6.31. The average molecular weight is 576 g/mol. The van der Waals surface area contributed by atoms with Crippen LogP contribution in [0.5, 0.6) is 0 Å². The number of rotatable bonds is 7. The third-order valence-electron chi connectivity index (χ3n) is 5.45. The van der Waals surface area contributed by atoms with Crippen molar-refractivity contribution in [3.05, 3.63) is 65.2 Å². The van der Waals surface area contributed by atoms with Gasteiger partial charge in [-0.05, 0) is 63.5 Å². The van der Waals surface area contributed by atoms with Gasteiger partial charge in [0.25, 0.3) is 0 Å². The van der Waals surface area contributed by atoms with Crippen LogP contribution in [0.3, 0.4) is 0 Å². The molecule has 40 heavy (non-hydrogen) atoms. The van der Waals surface area contributed by atoms with Gasteiger partial charge in [-0.2, -0.15) is 13.2 Å². The number of carbonyl (C=O) groups excluding carboxylic acids is 2. The molecule has 2 aromatic carbocycles. The molecule has 4 aromatic rings. The monoisotopic (exact) mass is 575 g/mol. The van der Waals surface area contributed by atoms with E-state index in [1.165, 1.54) is 12.4 Å². The summed E-state index contributed by atoms with van der Waals surface area (Å²) >= 11 is 5.64. The zero-order chi connectivity index (χ0) is 29.0. The molecule has 0 atom stereocenters. The SMILES string of the molecule is CCNC(=O)Nc1ncnc2c1nc(CN(C)C)n2-c1ccc(NC(=O)Nc2ccc(Cl)c(C(F)(F)F)c2)cc1. The highest BCUT2D eigenvalue weighted by atomic mass is 35.5. The minimum atomic E-state index is -4.66. The number of nitrogens with one attached hydrogen (secondary N) is 4. The second-order valence-corrected chi connectivity index (χ2v) is 9.21. The Kier molecular flexibility index (Phi) is 8.40. The highest BCUT2D eigenvalue weighted by Crippen LogP contribution is 2.36. The van der Waals surface area contributed by atoms with Gasteiger partial charge in [0.15, 0.2) is 17.0 Å². The minimum Gasteiger partial charge on any atom is -0.338 e. The number of imidazole rings is 1. The topological polar surface area (TPSA) is 129 Å². The molecule has 0 bridgehead atoms. The van der Waals surface area contributed by atoms with E-state index in [2.05, 4.69) is 36.2 Å². The first-order valence-electron chi connectivity index (χ1n) is 11.9. The second kappa shape index (κ2) is 11.8. The van der Waals surface area contributed by atoms with Crippen LogP contribution in [-0.2, 0) is 12.7 Å². The molecule has 0 spiro atoms. The van der Waals surface area contributed by atoms with Gasteiger partial charge in [0.05, 0.1) is 17.1 Å². The van der Waals surface area contributed by atoms with Gasteiger partial charge in [-0.15, -0.1) is 0 Å². The zero-order valence-electron chi connectivity index (χ0n) is 21.6. The van der Waals surface area contributed by atoms with E-state index < -0.39 is 28.8 Å². The van der Waals surface area contributed by atoms with Gasteiger partial charge in [0.1, 0.15) is 12.2 Å². The Balaban J connectivity index is 1.58. The molecule has 2 aromatic heterocycles. The number of hydrogen-bond donors (Lipinski definition) is 4. The quantitative estimate of drug-likeness (QED) is 0.236. The first kappa shape index (κ1) is 28.6. The van der Waals surface area contributed by atoms with Crippen molar-refractivity contribution in [2.45, 2.75) is 19.6 Å². The summed E-state index contributed by atoms with van der Waals surface area (Å²) in [6.45, 7) is 2.68. The third-order valence-corrected chi connectivity index (χ3v) is 5.78. The standard InChI is InChI=1S/C25H25ClF3N9O2/c1-4-30-23(39)36-21-20-22(32-13-31-21)38(19(35-20)12-37(2)3)16-8-5-14(6-9-16)33-24(40)34-15-7-10-18(26)17(11-15)25(27,28)29/h5-11,13H,4,12H2,1-3H3,(H2,33,34,40)(H2,30,31,32,36,39).